The van der Waals surface area contributed by atoms with Crippen LogP contribution in [-0.2, 0) is 21.8 Å². The highest BCUT2D eigenvalue weighted by Crippen LogP contribution is 2.42. The van der Waals surface area contributed by atoms with Gasteiger partial charge in [0.2, 0.25) is 5.79 Å². The molecule has 0 aliphatic carbocycles. The van der Waals surface area contributed by atoms with Crippen LogP contribution in [0, 0.1) is 11.6 Å². The fourth-order valence-corrected chi connectivity index (χ4v) is 3.51. The van der Waals surface area contributed by atoms with E-state index < -0.39 is 17.4 Å². The van der Waals surface area contributed by atoms with E-state index in [-0.39, 0.29) is 39.8 Å². The number of benzene rings is 2. The van der Waals surface area contributed by atoms with Gasteiger partial charge >= 0.3 is 0 Å². The Labute approximate surface area is 174 Å². The average molecular weight is 442 g/mol. The molecule has 0 bridgehead atoms. The van der Waals surface area contributed by atoms with Crippen LogP contribution in [0.4, 0.5) is 8.78 Å². The number of hydrogen-bond donors (Lipinski definition) is 0. The van der Waals surface area contributed by atoms with E-state index in [4.69, 9.17) is 37.4 Å². The van der Waals surface area contributed by atoms with E-state index >= 15 is 0 Å². The van der Waals surface area contributed by atoms with Gasteiger partial charge in [-0.2, -0.15) is 5.10 Å². The van der Waals surface area contributed by atoms with Crippen molar-refractivity contribution in [2.45, 2.75) is 25.4 Å². The Morgan fingerprint density at radius 3 is 2.66 bits per heavy atom. The van der Waals surface area contributed by atoms with Crippen molar-refractivity contribution in [2.75, 3.05) is 6.61 Å². The molecule has 29 heavy (non-hydrogen) atoms. The van der Waals surface area contributed by atoms with E-state index in [1.165, 1.54) is 35.5 Å². The van der Waals surface area contributed by atoms with Crippen molar-refractivity contribution in [3.05, 3.63) is 70.2 Å². The van der Waals surface area contributed by atoms with Gasteiger partial charge in [0.15, 0.2) is 23.1 Å². The molecular formula is C19H15Cl2F2N3O3. The van der Waals surface area contributed by atoms with Crippen LogP contribution in [0.25, 0.3) is 0 Å². The third-order valence-corrected chi connectivity index (χ3v) is 4.87. The minimum Gasteiger partial charge on any atom is -0.451 e. The predicted octanol–water partition coefficient (Wildman–Crippen LogP) is 4.94. The lowest BCUT2D eigenvalue weighted by molar-refractivity contribution is -0.187. The largest absolute Gasteiger partial charge is 0.451 e. The van der Waals surface area contributed by atoms with Crippen LogP contribution in [0.5, 0.6) is 11.5 Å². The Morgan fingerprint density at radius 1 is 1.21 bits per heavy atom. The molecule has 2 aromatic carbocycles. The topological polar surface area (TPSA) is 58.4 Å². The Kier molecular flexibility index (Phi) is 5.44. The van der Waals surface area contributed by atoms with Crippen molar-refractivity contribution in [3.8, 4) is 11.5 Å². The Morgan fingerprint density at radius 2 is 2.00 bits per heavy atom. The summed E-state index contributed by atoms with van der Waals surface area (Å²) in [5.41, 5.74) is 0.264. The number of halogens is 4. The minimum absolute atomic E-state index is 0.114. The van der Waals surface area contributed by atoms with Crippen molar-refractivity contribution in [1.82, 2.24) is 14.8 Å². The quantitative estimate of drug-likeness (QED) is 0.560. The standard InChI is InChI=1S/C19H15Cl2F2N3O3/c1-11-7-27-19(29-11,8-26-10-24-9-25-26)13-5-16(23)18(6-14(13)21)28-17-3-2-12(20)4-15(17)22/h2-6,9-11H,7-8H2,1H3. The van der Waals surface area contributed by atoms with Crippen molar-refractivity contribution >= 4 is 23.2 Å². The molecule has 2 heterocycles. The molecule has 2 unspecified atom stereocenters. The molecule has 152 valence electrons. The summed E-state index contributed by atoms with van der Waals surface area (Å²) in [5, 5.41) is 4.38. The molecule has 0 saturated carbocycles. The molecule has 0 spiro atoms. The van der Waals surface area contributed by atoms with E-state index in [1.807, 2.05) is 6.92 Å². The molecule has 1 aliphatic heterocycles. The Bertz CT molecular complexity index is 1040. The van der Waals surface area contributed by atoms with E-state index in [9.17, 15) is 8.78 Å². The van der Waals surface area contributed by atoms with Gasteiger partial charge in [0.25, 0.3) is 0 Å². The van der Waals surface area contributed by atoms with Gasteiger partial charge in [0, 0.05) is 16.7 Å². The first kappa shape index (κ1) is 20.0. The molecule has 1 saturated heterocycles. The molecule has 0 amide bonds. The summed E-state index contributed by atoms with van der Waals surface area (Å²) >= 11 is 12.1. The molecule has 3 aromatic rings. The van der Waals surface area contributed by atoms with Gasteiger partial charge in [-0.3, -0.25) is 0 Å². The van der Waals surface area contributed by atoms with Crippen molar-refractivity contribution in [3.63, 3.8) is 0 Å². The lowest BCUT2D eigenvalue weighted by Gasteiger charge is -2.29. The summed E-state index contributed by atoms with van der Waals surface area (Å²) in [4.78, 5) is 3.89. The van der Waals surface area contributed by atoms with Crippen LogP contribution in [0.15, 0.2) is 43.0 Å². The highest BCUT2D eigenvalue weighted by molar-refractivity contribution is 6.31. The SMILES string of the molecule is CC1COC(Cn2cncn2)(c2cc(F)c(Oc3ccc(Cl)cc3F)cc2Cl)O1. The first-order chi connectivity index (χ1) is 13.9. The highest BCUT2D eigenvalue weighted by atomic mass is 35.5. The van der Waals surface area contributed by atoms with Crippen LogP contribution in [0.1, 0.15) is 12.5 Å². The molecule has 1 fully saturated rings. The van der Waals surface area contributed by atoms with Crippen LogP contribution < -0.4 is 4.74 Å². The monoisotopic (exact) mass is 441 g/mol. The summed E-state index contributed by atoms with van der Waals surface area (Å²) in [6.07, 6.45) is 2.62. The summed E-state index contributed by atoms with van der Waals surface area (Å²) in [6.45, 7) is 2.23. The van der Waals surface area contributed by atoms with E-state index in [0.29, 0.717) is 6.61 Å². The van der Waals surface area contributed by atoms with Crippen LogP contribution in [-0.4, -0.2) is 27.5 Å². The van der Waals surface area contributed by atoms with E-state index in [1.54, 1.807) is 0 Å². The van der Waals surface area contributed by atoms with Gasteiger partial charge in [0.1, 0.15) is 19.2 Å². The summed E-state index contributed by atoms with van der Waals surface area (Å²) in [5.74, 6) is -3.27. The molecule has 6 nitrogen and oxygen atoms in total. The Balaban J connectivity index is 1.69. The second-order valence-corrected chi connectivity index (χ2v) is 7.37. The lowest BCUT2D eigenvalue weighted by Crippen LogP contribution is -2.34. The second kappa shape index (κ2) is 7.87. The van der Waals surface area contributed by atoms with Crippen LogP contribution in [0.2, 0.25) is 10.0 Å². The van der Waals surface area contributed by atoms with E-state index in [2.05, 4.69) is 10.1 Å². The first-order valence-electron chi connectivity index (χ1n) is 8.63. The number of hydrogen-bond acceptors (Lipinski definition) is 5. The van der Waals surface area contributed by atoms with Crippen molar-refractivity contribution in [2.24, 2.45) is 0 Å². The third kappa shape index (κ3) is 4.06. The second-order valence-electron chi connectivity index (χ2n) is 6.52. The highest BCUT2D eigenvalue weighted by Gasteiger charge is 2.44. The number of rotatable bonds is 5. The summed E-state index contributed by atoms with van der Waals surface area (Å²) in [6, 6.07) is 6.21. The zero-order chi connectivity index (χ0) is 20.6. The Hall–Kier alpha value is -2.26. The number of aromatic nitrogens is 3. The lowest BCUT2D eigenvalue weighted by atomic mass is 10.0. The molecule has 0 N–H and O–H groups in total. The predicted molar refractivity (Wildman–Crippen MR) is 101 cm³/mol. The minimum atomic E-state index is -1.35. The molecule has 10 heteroatoms. The molecule has 2 atom stereocenters. The van der Waals surface area contributed by atoms with Gasteiger partial charge in [-0.05, 0) is 31.2 Å². The molecule has 1 aliphatic rings. The summed E-state index contributed by atoms with van der Waals surface area (Å²) in [7, 11) is 0. The van der Waals surface area contributed by atoms with Crippen molar-refractivity contribution < 1.29 is 23.0 Å². The van der Waals surface area contributed by atoms with Gasteiger partial charge in [0.05, 0.1) is 17.7 Å². The molecular weight excluding hydrogens is 427 g/mol. The zero-order valence-corrected chi connectivity index (χ0v) is 16.6. The maximum atomic E-state index is 14.8. The maximum absolute atomic E-state index is 14.8. The zero-order valence-electron chi connectivity index (χ0n) is 15.1. The van der Waals surface area contributed by atoms with Gasteiger partial charge in [-0.25, -0.2) is 18.4 Å². The normalized spacial score (nSPS) is 21.5. The van der Waals surface area contributed by atoms with E-state index in [0.717, 1.165) is 12.1 Å². The number of ether oxygens (including phenoxy) is 3. The fraction of sp³-hybridized carbons (Fsp3) is 0.263. The number of nitrogens with zero attached hydrogens (tertiary/aromatic N) is 3. The van der Waals surface area contributed by atoms with Crippen molar-refractivity contribution in [1.29, 1.82) is 0 Å². The van der Waals surface area contributed by atoms with Crippen LogP contribution in [0.3, 0.4) is 0 Å². The first-order valence-corrected chi connectivity index (χ1v) is 9.38. The smallest absolute Gasteiger partial charge is 0.217 e. The maximum Gasteiger partial charge on any atom is 0.217 e. The average Bonchev–Trinajstić information content (AvgIpc) is 3.30. The third-order valence-electron chi connectivity index (χ3n) is 4.33. The fourth-order valence-electron chi connectivity index (χ4n) is 3.06. The molecule has 0 radical (unpaired) electrons. The van der Waals surface area contributed by atoms with Crippen LogP contribution >= 0.6 is 23.2 Å². The molecule has 4 rings (SSSR count). The van der Waals surface area contributed by atoms with Gasteiger partial charge in [-0.15, -0.1) is 0 Å². The summed E-state index contributed by atoms with van der Waals surface area (Å²) < 4.78 is 47.5. The van der Waals surface area contributed by atoms with Gasteiger partial charge in [-0.1, -0.05) is 23.2 Å². The van der Waals surface area contributed by atoms with Gasteiger partial charge < -0.3 is 14.2 Å². The molecule has 1 aromatic heterocycles.